The third kappa shape index (κ3) is 4.40. The first kappa shape index (κ1) is 18.8. The van der Waals surface area contributed by atoms with Gasteiger partial charge in [-0.1, -0.05) is 12.1 Å². The number of rotatable bonds is 5. The lowest BCUT2D eigenvalue weighted by Gasteiger charge is -2.35. The molecule has 2 unspecified atom stereocenters. The summed E-state index contributed by atoms with van der Waals surface area (Å²) >= 11 is 0. The van der Waals surface area contributed by atoms with Gasteiger partial charge in [-0.2, -0.15) is 0 Å². The molecule has 2 fully saturated rings. The second-order valence-electron chi connectivity index (χ2n) is 6.83. The molecule has 6 nitrogen and oxygen atoms in total. The third-order valence-electron chi connectivity index (χ3n) is 5.15. The van der Waals surface area contributed by atoms with Gasteiger partial charge in [0.25, 0.3) is 0 Å². The minimum atomic E-state index is -0.398. The maximum atomic E-state index is 13.7. The minimum absolute atomic E-state index is 0.0718. The van der Waals surface area contributed by atoms with Crippen molar-refractivity contribution in [3.05, 3.63) is 35.6 Å². The molecule has 0 radical (unpaired) electrons. The second-order valence-corrected chi connectivity index (χ2v) is 6.83. The van der Waals surface area contributed by atoms with Gasteiger partial charge in [-0.25, -0.2) is 4.39 Å². The fraction of sp³-hybridized carbons (Fsp3) is 0.579. The normalized spacial score (nSPS) is 22.2. The summed E-state index contributed by atoms with van der Waals surface area (Å²) in [6.45, 7) is 5.23. The molecule has 7 heteroatoms. The van der Waals surface area contributed by atoms with Gasteiger partial charge in [-0.3, -0.25) is 14.5 Å². The predicted octanol–water partition coefficient (Wildman–Crippen LogP) is 1.33. The van der Waals surface area contributed by atoms with Crippen LogP contribution in [0.4, 0.5) is 4.39 Å². The van der Waals surface area contributed by atoms with Crippen LogP contribution in [0.3, 0.4) is 0 Å². The lowest BCUT2D eigenvalue weighted by molar-refractivity contribution is -0.137. The first-order valence-corrected chi connectivity index (χ1v) is 9.18. The van der Waals surface area contributed by atoms with E-state index < -0.39 is 6.04 Å². The molecule has 26 heavy (non-hydrogen) atoms. The molecule has 2 aliphatic rings. The number of nitrogens with one attached hydrogen (secondary N) is 1. The van der Waals surface area contributed by atoms with Crippen LogP contribution in [0, 0.1) is 5.82 Å². The minimum Gasteiger partial charge on any atom is -0.379 e. The molecule has 3 rings (SSSR count). The Morgan fingerprint density at radius 2 is 2.08 bits per heavy atom. The first-order valence-electron chi connectivity index (χ1n) is 9.18. The van der Waals surface area contributed by atoms with E-state index in [0.29, 0.717) is 32.7 Å². The Labute approximate surface area is 153 Å². The summed E-state index contributed by atoms with van der Waals surface area (Å²) in [5.41, 5.74) is 0.835. The molecule has 0 bridgehead atoms. The van der Waals surface area contributed by atoms with E-state index in [-0.39, 0.29) is 23.7 Å². The van der Waals surface area contributed by atoms with Crippen LogP contribution in [0.5, 0.6) is 0 Å². The summed E-state index contributed by atoms with van der Waals surface area (Å²) in [5.74, 6) is -0.490. The molecule has 1 aromatic rings. The van der Waals surface area contributed by atoms with Crippen molar-refractivity contribution in [2.24, 2.45) is 0 Å². The van der Waals surface area contributed by atoms with Crippen LogP contribution in [-0.4, -0.2) is 67.0 Å². The standard InChI is InChI=1S/C19H26FN3O3/c1-14(24)23-7-3-6-17(23)19(25)21-13-18(22-8-10-26-11-9-22)15-4-2-5-16(20)12-15/h2,4-5,12,17-18H,3,6-11,13H2,1H3,(H,21,25). The number of hydrogen-bond donors (Lipinski definition) is 1. The van der Waals surface area contributed by atoms with Crippen molar-refractivity contribution in [1.29, 1.82) is 0 Å². The molecule has 2 aliphatic heterocycles. The number of ether oxygens (including phenoxy) is 1. The predicted molar refractivity (Wildman–Crippen MR) is 95.0 cm³/mol. The molecule has 0 saturated carbocycles. The molecular formula is C19H26FN3O3. The Hall–Kier alpha value is -1.99. The zero-order valence-electron chi connectivity index (χ0n) is 15.1. The third-order valence-corrected chi connectivity index (χ3v) is 5.15. The molecule has 2 atom stereocenters. The average molecular weight is 363 g/mol. The van der Waals surface area contributed by atoms with Crippen molar-refractivity contribution < 1.29 is 18.7 Å². The molecule has 1 aromatic carbocycles. The largest absolute Gasteiger partial charge is 0.379 e. The van der Waals surface area contributed by atoms with Crippen molar-refractivity contribution >= 4 is 11.8 Å². The molecule has 1 N–H and O–H groups in total. The molecule has 0 spiro atoms. The van der Waals surface area contributed by atoms with Crippen molar-refractivity contribution in [1.82, 2.24) is 15.1 Å². The smallest absolute Gasteiger partial charge is 0.242 e. The van der Waals surface area contributed by atoms with Crippen molar-refractivity contribution in [2.45, 2.75) is 31.8 Å². The molecule has 2 amide bonds. The summed E-state index contributed by atoms with van der Waals surface area (Å²) in [6, 6.07) is 5.99. The highest BCUT2D eigenvalue weighted by molar-refractivity contribution is 5.87. The van der Waals surface area contributed by atoms with Gasteiger partial charge in [0.2, 0.25) is 11.8 Å². The van der Waals surface area contributed by atoms with Crippen LogP contribution >= 0.6 is 0 Å². The van der Waals surface area contributed by atoms with Crippen LogP contribution < -0.4 is 5.32 Å². The number of carbonyl (C=O) groups excluding carboxylic acids is 2. The average Bonchev–Trinajstić information content (AvgIpc) is 3.13. The number of likely N-dealkylation sites (tertiary alicyclic amines) is 1. The summed E-state index contributed by atoms with van der Waals surface area (Å²) in [6.07, 6.45) is 1.53. The number of hydrogen-bond acceptors (Lipinski definition) is 4. The van der Waals surface area contributed by atoms with Crippen LogP contribution in [-0.2, 0) is 14.3 Å². The molecule has 0 aromatic heterocycles. The highest BCUT2D eigenvalue weighted by Gasteiger charge is 2.33. The summed E-state index contributed by atoms with van der Waals surface area (Å²) in [7, 11) is 0. The topological polar surface area (TPSA) is 61.9 Å². The highest BCUT2D eigenvalue weighted by atomic mass is 19.1. The number of halogens is 1. The van der Waals surface area contributed by atoms with E-state index >= 15 is 0 Å². The highest BCUT2D eigenvalue weighted by Crippen LogP contribution is 2.23. The van der Waals surface area contributed by atoms with Gasteiger partial charge in [-0.15, -0.1) is 0 Å². The first-order chi connectivity index (χ1) is 12.6. The Morgan fingerprint density at radius 3 is 2.77 bits per heavy atom. The van der Waals surface area contributed by atoms with Gasteiger partial charge in [-0.05, 0) is 30.5 Å². The fourth-order valence-corrected chi connectivity index (χ4v) is 3.79. The maximum absolute atomic E-state index is 13.7. The summed E-state index contributed by atoms with van der Waals surface area (Å²) in [5, 5.41) is 2.99. The van der Waals surface area contributed by atoms with Gasteiger partial charge in [0.15, 0.2) is 0 Å². The zero-order valence-corrected chi connectivity index (χ0v) is 15.1. The van der Waals surface area contributed by atoms with Crippen molar-refractivity contribution in [3.8, 4) is 0 Å². The second kappa shape index (κ2) is 8.60. The van der Waals surface area contributed by atoms with Crippen molar-refractivity contribution in [2.75, 3.05) is 39.4 Å². The Kier molecular flexibility index (Phi) is 6.21. The Morgan fingerprint density at radius 1 is 1.31 bits per heavy atom. The molecule has 0 aliphatic carbocycles. The number of carbonyl (C=O) groups is 2. The summed E-state index contributed by atoms with van der Waals surface area (Å²) in [4.78, 5) is 28.1. The van der Waals surface area contributed by atoms with E-state index in [4.69, 9.17) is 4.74 Å². The van der Waals surface area contributed by atoms with E-state index in [0.717, 1.165) is 25.1 Å². The van der Waals surface area contributed by atoms with E-state index in [1.807, 2.05) is 6.07 Å². The number of morpholine rings is 1. The molecule has 2 saturated heterocycles. The van der Waals surface area contributed by atoms with Crippen LogP contribution in [0.15, 0.2) is 24.3 Å². The maximum Gasteiger partial charge on any atom is 0.242 e. The van der Waals surface area contributed by atoms with Crippen LogP contribution in [0.25, 0.3) is 0 Å². The number of nitrogens with zero attached hydrogens (tertiary/aromatic N) is 2. The van der Waals surface area contributed by atoms with E-state index in [1.165, 1.54) is 19.1 Å². The SMILES string of the molecule is CC(=O)N1CCCC1C(=O)NCC(c1cccc(F)c1)N1CCOCC1. The summed E-state index contributed by atoms with van der Waals surface area (Å²) < 4.78 is 19.1. The van der Waals surface area contributed by atoms with Crippen LogP contribution in [0.2, 0.25) is 0 Å². The van der Waals surface area contributed by atoms with E-state index in [1.54, 1.807) is 11.0 Å². The quantitative estimate of drug-likeness (QED) is 0.857. The monoisotopic (exact) mass is 363 g/mol. The fourth-order valence-electron chi connectivity index (χ4n) is 3.79. The van der Waals surface area contributed by atoms with Gasteiger partial charge in [0, 0.05) is 33.1 Å². The van der Waals surface area contributed by atoms with E-state index in [9.17, 15) is 14.0 Å². The van der Waals surface area contributed by atoms with Gasteiger partial charge in [0.1, 0.15) is 11.9 Å². The zero-order chi connectivity index (χ0) is 18.5. The number of amides is 2. The lowest BCUT2D eigenvalue weighted by Crippen LogP contribution is -2.48. The van der Waals surface area contributed by atoms with Crippen LogP contribution in [0.1, 0.15) is 31.4 Å². The lowest BCUT2D eigenvalue weighted by atomic mass is 10.0. The van der Waals surface area contributed by atoms with Gasteiger partial charge >= 0.3 is 0 Å². The Balaban J connectivity index is 1.69. The molecule has 142 valence electrons. The molecule has 2 heterocycles. The number of benzene rings is 1. The van der Waals surface area contributed by atoms with Gasteiger partial charge in [0.05, 0.1) is 19.3 Å². The van der Waals surface area contributed by atoms with E-state index in [2.05, 4.69) is 10.2 Å². The van der Waals surface area contributed by atoms with Crippen molar-refractivity contribution in [3.63, 3.8) is 0 Å². The molecular weight excluding hydrogens is 337 g/mol. The van der Waals surface area contributed by atoms with Gasteiger partial charge < -0.3 is 15.0 Å². The Bertz CT molecular complexity index is 649.